The van der Waals surface area contributed by atoms with Gasteiger partial charge in [0.2, 0.25) is 65.0 Å². The molecule has 15 unspecified atom stereocenters. The SMILES string of the molecule is C.CCC(C)C(N)C(=O)NC(C(=O)NC(Cc1ccc(Cl)cc1)C(=O)NC(Cc1ccc(Cl)cc1)C(=O)NC(Cc1ccc(Cl)cc1)C(=O)NC(C(=O)NC(C(=O)NC(C)C(=O)NC(C)C(=O)NC(C)C(=O)NC(CCCCN)C(N)=O)C(C)CC)C(C)CC)C(C)CC. The van der Waals surface area contributed by atoms with E-state index < -0.39 is 149 Å². The molecule has 0 aromatic heterocycles. The summed E-state index contributed by atoms with van der Waals surface area (Å²) >= 11 is 18.8. The Morgan fingerprint density at radius 3 is 0.957 bits per heavy atom. The van der Waals surface area contributed by atoms with Gasteiger partial charge in [0.1, 0.15) is 60.4 Å². The van der Waals surface area contributed by atoms with Crippen molar-refractivity contribution in [2.24, 2.45) is 40.9 Å². The zero-order valence-electron chi connectivity index (χ0n) is 55.2. The van der Waals surface area contributed by atoms with Crippen molar-refractivity contribution in [2.75, 3.05) is 6.54 Å². The van der Waals surface area contributed by atoms with Gasteiger partial charge in [-0.3, -0.25) is 52.7 Å². The molecule has 0 aliphatic rings. The Morgan fingerprint density at radius 1 is 0.362 bits per heavy atom. The number of unbranched alkanes of at least 4 members (excludes halogenated alkanes) is 1. The number of amides is 11. The third-order valence-corrected chi connectivity index (χ3v) is 17.5. The van der Waals surface area contributed by atoms with Crippen LogP contribution in [-0.4, -0.2) is 138 Å². The van der Waals surface area contributed by atoms with E-state index in [4.69, 9.17) is 52.0 Å². The van der Waals surface area contributed by atoms with E-state index in [-0.39, 0.29) is 39.0 Å². The molecule has 15 atom stereocenters. The minimum absolute atomic E-state index is 0. The second-order valence-corrected chi connectivity index (χ2v) is 25.5. The molecule has 27 heteroatoms. The van der Waals surface area contributed by atoms with Crippen molar-refractivity contribution >= 4 is 99.8 Å². The first kappa shape index (κ1) is 82.7. The summed E-state index contributed by atoms with van der Waals surface area (Å²) in [5, 5.41) is 28.3. The zero-order chi connectivity index (χ0) is 69.8. The highest BCUT2D eigenvalue weighted by Gasteiger charge is 2.38. The number of nitrogens with two attached hydrogens (primary N) is 3. The van der Waals surface area contributed by atoms with Crippen LogP contribution in [-0.2, 0) is 72.0 Å². The second-order valence-electron chi connectivity index (χ2n) is 24.1. The topological polar surface area (TPSA) is 386 Å². The van der Waals surface area contributed by atoms with E-state index >= 15 is 4.79 Å². The maximum absolute atomic E-state index is 15.1. The Hall–Kier alpha value is -7.38. The molecular weight excluding hydrogens is 1270 g/mol. The molecule has 16 N–H and O–H groups in total. The van der Waals surface area contributed by atoms with Crippen molar-refractivity contribution in [2.45, 2.75) is 214 Å². The maximum Gasteiger partial charge on any atom is 0.243 e. The van der Waals surface area contributed by atoms with Crippen molar-refractivity contribution < 1.29 is 52.7 Å². The molecule has 3 aromatic rings. The molecule has 0 saturated heterocycles. The predicted molar refractivity (Wildman–Crippen MR) is 366 cm³/mol. The lowest BCUT2D eigenvalue weighted by atomic mass is 9.94. The molecule has 0 spiro atoms. The normalized spacial score (nSPS) is 15.9. The lowest BCUT2D eigenvalue weighted by molar-refractivity contribution is -0.137. The first-order chi connectivity index (χ1) is 43.9. The fourth-order valence-corrected chi connectivity index (χ4v) is 10.00. The third kappa shape index (κ3) is 27.2. The predicted octanol–water partition coefficient (Wildman–Crippen LogP) is 4.34. The van der Waals surface area contributed by atoms with Crippen molar-refractivity contribution in [1.82, 2.24) is 53.2 Å². The van der Waals surface area contributed by atoms with Crippen molar-refractivity contribution in [3.8, 4) is 0 Å². The number of carbonyl (C=O) groups is 11. The average Bonchev–Trinajstić information content (AvgIpc) is 0.909. The number of nitrogens with one attached hydrogen (secondary N) is 10. The number of rotatable bonds is 39. The maximum atomic E-state index is 15.1. The minimum atomic E-state index is -1.43. The Labute approximate surface area is 569 Å². The smallest absolute Gasteiger partial charge is 0.243 e. The number of hydrogen-bond donors (Lipinski definition) is 13. The van der Waals surface area contributed by atoms with Crippen LogP contribution in [0.3, 0.4) is 0 Å². The van der Waals surface area contributed by atoms with Crippen molar-refractivity contribution in [3.63, 3.8) is 0 Å². The van der Waals surface area contributed by atoms with Gasteiger partial charge in [0.25, 0.3) is 0 Å². The van der Waals surface area contributed by atoms with Gasteiger partial charge in [-0.2, -0.15) is 0 Å². The molecule has 3 aromatic carbocycles. The largest absolute Gasteiger partial charge is 0.368 e. The summed E-state index contributed by atoms with van der Waals surface area (Å²) in [6.45, 7) is 18.9. The van der Waals surface area contributed by atoms with Gasteiger partial charge in [0.15, 0.2) is 0 Å². The fourth-order valence-electron chi connectivity index (χ4n) is 9.62. The van der Waals surface area contributed by atoms with Gasteiger partial charge < -0.3 is 70.4 Å². The van der Waals surface area contributed by atoms with E-state index in [9.17, 15) is 47.9 Å². The lowest BCUT2D eigenvalue weighted by Crippen LogP contribution is -2.62. The molecule has 0 heterocycles. The zero-order valence-corrected chi connectivity index (χ0v) is 57.5. The molecule has 3 rings (SSSR count). The molecule has 24 nitrogen and oxygen atoms in total. The van der Waals surface area contributed by atoms with Crippen LogP contribution in [0.15, 0.2) is 72.8 Å². The van der Waals surface area contributed by atoms with Gasteiger partial charge in [-0.15, -0.1) is 0 Å². The van der Waals surface area contributed by atoms with E-state index in [1.807, 2.05) is 20.8 Å². The number of primary amides is 1. The van der Waals surface area contributed by atoms with E-state index in [0.29, 0.717) is 76.8 Å². The first-order valence-electron chi connectivity index (χ1n) is 31.9. The summed E-state index contributed by atoms with van der Waals surface area (Å²) in [7, 11) is 0. The molecule has 0 fully saturated rings. The lowest BCUT2D eigenvalue weighted by Gasteiger charge is -2.31. The van der Waals surface area contributed by atoms with Gasteiger partial charge in [-0.05, 0) is 123 Å². The second kappa shape index (κ2) is 41.4. The summed E-state index contributed by atoms with van der Waals surface area (Å²) in [5.74, 6) is -9.84. The minimum Gasteiger partial charge on any atom is -0.368 e. The van der Waals surface area contributed by atoms with Crippen LogP contribution in [0.2, 0.25) is 15.1 Å². The Morgan fingerprint density at radius 2 is 0.628 bits per heavy atom. The molecule has 0 bridgehead atoms. The average molecular weight is 1370 g/mol. The molecule has 94 heavy (non-hydrogen) atoms. The highest BCUT2D eigenvalue weighted by atomic mass is 35.5. The number of benzene rings is 3. The van der Waals surface area contributed by atoms with Crippen LogP contribution < -0.4 is 70.4 Å². The summed E-state index contributed by atoms with van der Waals surface area (Å²) in [6, 6.07) is 6.25. The van der Waals surface area contributed by atoms with Gasteiger partial charge in [0, 0.05) is 34.3 Å². The quantitative estimate of drug-likeness (QED) is 0.0354. The summed E-state index contributed by atoms with van der Waals surface area (Å²) in [6.07, 6.45) is 2.81. The van der Waals surface area contributed by atoms with E-state index in [0.717, 1.165) is 0 Å². The fraction of sp³-hybridized carbons (Fsp3) is 0.567. The molecule has 0 radical (unpaired) electrons. The van der Waals surface area contributed by atoms with Gasteiger partial charge >= 0.3 is 0 Å². The van der Waals surface area contributed by atoms with Crippen molar-refractivity contribution in [1.29, 1.82) is 0 Å². The standard InChI is InChI=1S/C66H98Cl3N13O11.CH4/c1-12-35(5)52(71)63(90)81-54(37(7)14-3)65(92)79-50(33-43-21-27-46(68)28-22-43)61(88)77-49(32-42-19-25-45(67)26-20-42)60(87)78-51(34-44-23-29-47(69)30-24-44)62(89)80-55(38(8)15-4)66(93)82-53(36(6)13-2)64(91)75-40(10)58(85)73-39(9)57(84)74-41(11)59(86)76-48(56(72)83)18-16-17-31-70;/h19-30,35-41,48-55H,12-18,31-34,70-71H2,1-11H3,(H2,72,83)(H,73,85)(H,74,84)(H,75,91)(H,76,86)(H,77,88)(H,78,87)(H,79,92)(H,80,89)(H,81,90)(H,82,93);1H4. The highest BCUT2D eigenvalue weighted by molar-refractivity contribution is 6.31. The first-order valence-corrected chi connectivity index (χ1v) is 33.0. The van der Waals surface area contributed by atoms with Crippen LogP contribution in [0.1, 0.15) is 145 Å². The molecule has 0 aliphatic heterocycles. The number of halogens is 3. The molecular formula is C67H102Cl3N13O11. The Kier molecular flexibility index (Phi) is 36.5. The molecule has 522 valence electrons. The Bertz CT molecular complexity index is 2980. The van der Waals surface area contributed by atoms with E-state index in [2.05, 4.69) is 53.2 Å². The van der Waals surface area contributed by atoms with Gasteiger partial charge in [0.05, 0.1) is 6.04 Å². The van der Waals surface area contributed by atoms with Crippen LogP contribution in [0.25, 0.3) is 0 Å². The number of carbonyl (C=O) groups excluding carboxylic acids is 11. The third-order valence-electron chi connectivity index (χ3n) is 16.8. The van der Waals surface area contributed by atoms with Gasteiger partial charge in [-0.1, -0.05) is 160 Å². The molecule has 0 aliphatic carbocycles. The van der Waals surface area contributed by atoms with Crippen LogP contribution >= 0.6 is 34.8 Å². The van der Waals surface area contributed by atoms with Crippen LogP contribution in [0.5, 0.6) is 0 Å². The highest BCUT2D eigenvalue weighted by Crippen LogP contribution is 2.19. The van der Waals surface area contributed by atoms with E-state index in [1.54, 1.807) is 107 Å². The monoisotopic (exact) mass is 1370 g/mol. The summed E-state index contributed by atoms with van der Waals surface area (Å²) < 4.78 is 0. The van der Waals surface area contributed by atoms with Gasteiger partial charge in [-0.25, -0.2) is 0 Å². The van der Waals surface area contributed by atoms with Crippen molar-refractivity contribution in [3.05, 3.63) is 105 Å². The number of hydrogen-bond acceptors (Lipinski definition) is 13. The Balaban J connectivity index is 0.0000301. The summed E-state index contributed by atoms with van der Waals surface area (Å²) in [5.41, 5.74) is 19.0. The molecule has 0 saturated carbocycles. The molecule has 11 amide bonds. The van der Waals surface area contributed by atoms with Crippen LogP contribution in [0.4, 0.5) is 0 Å². The summed E-state index contributed by atoms with van der Waals surface area (Å²) in [4.78, 5) is 153. The van der Waals surface area contributed by atoms with E-state index in [1.165, 1.54) is 20.8 Å². The van der Waals surface area contributed by atoms with Crippen LogP contribution in [0, 0.1) is 23.7 Å².